The van der Waals surface area contributed by atoms with Crippen LogP contribution in [0.3, 0.4) is 0 Å². The molecule has 12 rings (SSSR count). The van der Waals surface area contributed by atoms with Crippen LogP contribution in [0.5, 0.6) is 23.0 Å². The van der Waals surface area contributed by atoms with Crippen LogP contribution < -0.4 is 9.47 Å². The van der Waals surface area contributed by atoms with Crippen molar-refractivity contribution in [1.82, 2.24) is 0 Å². The minimum Gasteiger partial charge on any atom is -0.456 e. The van der Waals surface area contributed by atoms with E-state index in [2.05, 4.69) is 158 Å². The molecule has 0 saturated heterocycles. The minimum atomic E-state index is 0.870. The van der Waals surface area contributed by atoms with Gasteiger partial charge in [0.1, 0.15) is 23.0 Å². The molecule has 2 aliphatic rings. The monoisotopic (exact) mass is 698 g/mol. The van der Waals surface area contributed by atoms with E-state index in [0.717, 1.165) is 45.3 Å². The van der Waals surface area contributed by atoms with Gasteiger partial charge in [-0.1, -0.05) is 97.1 Å². The third kappa shape index (κ3) is 4.11. The Morgan fingerprint density at radius 2 is 0.769 bits per heavy atom. The second-order valence-electron chi connectivity index (χ2n) is 13.6. The maximum absolute atomic E-state index is 6.70. The summed E-state index contributed by atoms with van der Waals surface area (Å²) in [6.07, 6.45) is 0. The van der Waals surface area contributed by atoms with Crippen LogP contribution in [0.4, 0.5) is 0 Å². The van der Waals surface area contributed by atoms with Crippen molar-refractivity contribution in [3.8, 4) is 77.3 Å². The van der Waals surface area contributed by atoms with Crippen molar-refractivity contribution >= 4 is 64.4 Å². The summed E-state index contributed by atoms with van der Waals surface area (Å²) >= 11 is 3.68. The Bertz CT molecular complexity index is 2870. The zero-order valence-corrected chi connectivity index (χ0v) is 29.3. The Labute approximate surface area is 307 Å². The summed E-state index contributed by atoms with van der Waals surface area (Å²) < 4.78 is 16.0. The van der Waals surface area contributed by atoms with Gasteiger partial charge in [-0.25, -0.2) is 0 Å². The molecule has 0 saturated carbocycles. The van der Waals surface area contributed by atoms with Gasteiger partial charge < -0.3 is 9.47 Å². The lowest BCUT2D eigenvalue weighted by Gasteiger charge is -2.24. The fraction of sp³-hybridized carbons (Fsp3) is 0. The molecule has 0 N–H and O–H groups in total. The van der Waals surface area contributed by atoms with Gasteiger partial charge in [0, 0.05) is 41.1 Å². The highest BCUT2D eigenvalue weighted by Gasteiger charge is 2.25. The molecular formula is C48H26O2S2. The molecule has 2 nitrogen and oxygen atoms in total. The number of fused-ring (bicyclic) bond motifs is 6. The Balaban J connectivity index is 0.927. The number of hydrogen-bond donors (Lipinski definition) is 0. The van der Waals surface area contributed by atoms with E-state index in [1.165, 1.54) is 73.7 Å². The van der Waals surface area contributed by atoms with Gasteiger partial charge in [0.05, 0.1) is 0 Å². The largest absolute Gasteiger partial charge is 0.456 e. The first-order valence-electron chi connectivity index (χ1n) is 17.5. The van der Waals surface area contributed by atoms with Gasteiger partial charge in [-0.15, -0.1) is 22.7 Å². The van der Waals surface area contributed by atoms with Crippen molar-refractivity contribution in [3.63, 3.8) is 0 Å². The first kappa shape index (κ1) is 28.5. The van der Waals surface area contributed by atoms with E-state index in [9.17, 15) is 0 Å². The molecule has 0 bridgehead atoms. The number of thiophene rings is 2. The summed E-state index contributed by atoms with van der Waals surface area (Å²) in [5, 5.41) is 7.33. The number of ether oxygens (including phenoxy) is 2. The van der Waals surface area contributed by atoms with E-state index < -0.39 is 0 Å². The van der Waals surface area contributed by atoms with Crippen molar-refractivity contribution < 1.29 is 9.47 Å². The molecule has 0 fully saturated rings. The van der Waals surface area contributed by atoms with Crippen LogP contribution in [0, 0.1) is 0 Å². The molecular weight excluding hydrogens is 673 g/mol. The van der Waals surface area contributed by atoms with Crippen LogP contribution in [0.15, 0.2) is 158 Å². The third-order valence-electron chi connectivity index (χ3n) is 10.7. The average molecular weight is 699 g/mol. The van der Waals surface area contributed by atoms with E-state index in [1.807, 2.05) is 22.7 Å². The molecule has 0 radical (unpaired) electrons. The van der Waals surface area contributed by atoms with E-state index >= 15 is 0 Å². The molecule has 8 aromatic carbocycles. The van der Waals surface area contributed by atoms with Gasteiger partial charge in [-0.2, -0.15) is 0 Å². The van der Waals surface area contributed by atoms with E-state index in [0.29, 0.717) is 0 Å². The molecule has 0 unspecified atom stereocenters. The lowest BCUT2D eigenvalue weighted by molar-refractivity contribution is 0.486. The van der Waals surface area contributed by atoms with Crippen LogP contribution in [0.25, 0.3) is 96.0 Å². The second kappa shape index (κ2) is 10.7. The average Bonchev–Trinajstić information content (AvgIpc) is 3.83. The lowest BCUT2D eigenvalue weighted by Crippen LogP contribution is -1.99. The standard InChI is InChI=1S/C48H26O2S2/c1-3-13-43-29(7-1)25-45(51-43)33-19-21-37-31-17-15-27(23-41(31)49-39-11-5-9-35(33)47(37)39)28-16-18-32-38-22-20-34(46-26-30-8-2-4-14-44(30)52-46)36-10-6-12-40(48(36)38)50-42(32)24-28/h1-26H. The molecule has 4 heterocycles. The number of rotatable bonds is 3. The maximum atomic E-state index is 6.70. The first-order chi connectivity index (χ1) is 25.7. The van der Waals surface area contributed by atoms with Crippen LogP contribution in [-0.2, 0) is 0 Å². The molecule has 242 valence electrons. The molecule has 10 aromatic rings. The minimum absolute atomic E-state index is 0.870. The zero-order chi connectivity index (χ0) is 33.9. The van der Waals surface area contributed by atoms with Crippen LogP contribution in [-0.4, -0.2) is 0 Å². The highest BCUT2D eigenvalue weighted by Crippen LogP contribution is 2.53. The summed E-state index contributed by atoms with van der Waals surface area (Å²) in [7, 11) is 0. The third-order valence-corrected chi connectivity index (χ3v) is 13.0. The maximum Gasteiger partial charge on any atom is 0.135 e. The topological polar surface area (TPSA) is 18.5 Å². The second-order valence-corrected chi connectivity index (χ2v) is 15.8. The Kier molecular flexibility index (Phi) is 5.84. The van der Waals surface area contributed by atoms with Gasteiger partial charge in [-0.05, 0) is 116 Å². The number of hydrogen-bond acceptors (Lipinski definition) is 4. The summed E-state index contributed by atoms with van der Waals surface area (Å²) in [6, 6.07) is 56.9. The summed E-state index contributed by atoms with van der Waals surface area (Å²) in [6.45, 7) is 0. The molecule has 0 aliphatic carbocycles. The molecule has 2 aromatic heterocycles. The highest BCUT2D eigenvalue weighted by molar-refractivity contribution is 7.22. The Morgan fingerprint density at radius 3 is 1.25 bits per heavy atom. The van der Waals surface area contributed by atoms with Gasteiger partial charge in [0.2, 0.25) is 0 Å². The van der Waals surface area contributed by atoms with Gasteiger partial charge in [0.15, 0.2) is 0 Å². The number of benzene rings is 8. The van der Waals surface area contributed by atoms with Crippen molar-refractivity contribution in [1.29, 1.82) is 0 Å². The quantitative estimate of drug-likeness (QED) is 0.183. The van der Waals surface area contributed by atoms with Crippen LogP contribution >= 0.6 is 22.7 Å². The van der Waals surface area contributed by atoms with E-state index in [4.69, 9.17) is 9.47 Å². The van der Waals surface area contributed by atoms with Crippen LogP contribution in [0.1, 0.15) is 0 Å². The fourth-order valence-electron chi connectivity index (χ4n) is 8.28. The van der Waals surface area contributed by atoms with Crippen LogP contribution in [0.2, 0.25) is 0 Å². The van der Waals surface area contributed by atoms with Gasteiger partial charge >= 0.3 is 0 Å². The Hall–Kier alpha value is -6.20. The predicted octanol–water partition coefficient (Wildman–Crippen LogP) is 15.0. The van der Waals surface area contributed by atoms with Crippen molar-refractivity contribution in [3.05, 3.63) is 158 Å². The fourth-order valence-corrected chi connectivity index (χ4v) is 10.5. The summed E-state index contributed by atoms with van der Waals surface area (Å²) in [5.74, 6) is 3.53. The van der Waals surface area contributed by atoms with E-state index in [-0.39, 0.29) is 0 Å². The normalized spacial score (nSPS) is 12.5. The predicted molar refractivity (Wildman–Crippen MR) is 220 cm³/mol. The van der Waals surface area contributed by atoms with Gasteiger partial charge in [0.25, 0.3) is 0 Å². The molecule has 2 aliphatic heterocycles. The lowest BCUT2D eigenvalue weighted by atomic mass is 9.89. The SMILES string of the molecule is c1ccc2sc(-c3ccc4c5c(cccc35)Oc3cc(-c5ccc6c(c5)Oc5cccc7c(-c8cc9ccccc9s8)ccc-6c57)ccc3-4)cc2c1. The van der Waals surface area contributed by atoms with E-state index in [1.54, 1.807) is 0 Å². The van der Waals surface area contributed by atoms with Crippen molar-refractivity contribution in [2.45, 2.75) is 0 Å². The van der Waals surface area contributed by atoms with Crippen molar-refractivity contribution in [2.75, 3.05) is 0 Å². The molecule has 0 amide bonds. The highest BCUT2D eigenvalue weighted by atomic mass is 32.1. The zero-order valence-electron chi connectivity index (χ0n) is 27.6. The molecule has 4 heteroatoms. The van der Waals surface area contributed by atoms with Crippen molar-refractivity contribution in [2.24, 2.45) is 0 Å². The Morgan fingerprint density at radius 1 is 0.327 bits per heavy atom. The van der Waals surface area contributed by atoms with Gasteiger partial charge in [-0.3, -0.25) is 0 Å². The summed E-state index contributed by atoms with van der Waals surface area (Å²) in [4.78, 5) is 2.55. The summed E-state index contributed by atoms with van der Waals surface area (Å²) in [5.41, 5.74) is 9.30. The molecule has 52 heavy (non-hydrogen) atoms. The molecule has 0 atom stereocenters. The first-order valence-corrected chi connectivity index (χ1v) is 19.1. The molecule has 0 spiro atoms. The smallest absolute Gasteiger partial charge is 0.135 e.